The molecule has 0 bridgehead atoms. The molecule has 0 aromatic heterocycles. The lowest BCUT2D eigenvalue weighted by Crippen LogP contribution is -2.18. The number of allylic oxidation sites excluding steroid dienone is 1. The lowest BCUT2D eigenvalue weighted by molar-refractivity contribution is 1.23. The normalized spacial score (nSPS) is 14.8. The highest BCUT2D eigenvalue weighted by Crippen LogP contribution is 2.50. The molecule has 0 aliphatic carbocycles. The van der Waals surface area contributed by atoms with Gasteiger partial charge in [0.1, 0.15) is 0 Å². The number of hydrogen-bond donors (Lipinski definition) is 0. The Morgan fingerprint density at radius 1 is 0.840 bits per heavy atom. The minimum atomic E-state index is 0.750. The standard InChI is InChI=1S/C22H18ClNS/c1-15(25-2)22-18-10-6-7-11-20(18)24(17-8-4-3-5-9-17)21-14-16(23)12-13-19(21)22/h3-14H,1-2H3/b22-15-. The zero-order valence-electron chi connectivity index (χ0n) is 14.2. The molecule has 1 nitrogen and oxygen atoms in total. The molecule has 25 heavy (non-hydrogen) atoms. The molecule has 0 radical (unpaired) electrons. The van der Waals surface area contributed by atoms with Crippen molar-refractivity contribution in [3.8, 4) is 0 Å². The van der Waals surface area contributed by atoms with Crippen LogP contribution in [-0.4, -0.2) is 6.26 Å². The highest BCUT2D eigenvalue weighted by molar-refractivity contribution is 8.02. The van der Waals surface area contributed by atoms with Crippen LogP contribution in [0.4, 0.5) is 17.1 Å². The third-order valence-electron chi connectivity index (χ3n) is 4.56. The first-order chi connectivity index (χ1) is 12.2. The average Bonchev–Trinajstić information content (AvgIpc) is 2.66. The summed E-state index contributed by atoms with van der Waals surface area (Å²) in [5.74, 6) is 0. The van der Waals surface area contributed by atoms with E-state index in [1.807, 2.05) is 12.1 Å². The molecule has 0 atom stereocenters. The molecule has 3 aromatic carbocycles. The number of nitrogens with zero attached hydrogens (tertiary/aromatic N) is 1. The quantitative estimate of drug-likeness (QED) is 0.368. The van der Waals surface area contributed by atoms with Gasteiger partial charge in [-0.3, -0.25) is 0 Å². The van der Waals surface area contributed by atoms with Gasteiger partial charge < -0.3 is 4.90 Å². The molecule has 4 rings (SSSR count). The van der Waals surface area contributed by atoms with Gasteiger partial charge in [-0.25, -0.2) is 0 Å². The molecule has 0 N–H and O–H groups in total. The number of hydrogen-bond acceptors (Lipinski definition) is 2. The fraction of sp³-hybridized carbons (Fsp3) is 0.0909. The van der Waals surface area contributed by atoms with Crippen molar-refractivity contribution in [3.05, 3.63) is 93.9 Å². The van der Waals surface area contributed by atoms with Crippen LogP contribution in [0.15, 0.2) is 77.7 Å². The molecule has 1 aliphatic heterocycles. The minimum Gasteiger partial charge on any atom is -0.309 e. The maximum atomic E-state index is 6.37. The third-order valence-corrected chi connectivity index (χ3v) is 5.61. The number of halogens is 1. The Labute approximate surface area is 157 Å². The molecular weight excluding hydrogens is 346 g/mol. The van der Waals surface area contributed by atoms with E-state index in [-0.39, 0.29) is 0 Å². The smallest absolute Gasteiger partial charge is 0.0555 e. The van der Waals surface area contributed by atoms with Crippen molar-refractivity contribution in [2.24, 2.45) is 0 Å². The second-order valence-electron chi connectivity index (χ2n) is 5.98. The predicted molar refractivity (Wildman–Crippen MR) is 111 cm³/mol. The van der Waals surface area contributed by atoms with E-state index in [9.17, 15) is 0 Å². The summed E-state index contributed by atoms with van der Waals surface area (Å²) in [6.07, 6.45) is 2.13. The molecule has 1 aliphatic rings. The van der Waals surface area contributed by atoms with Crippen LogP contribution in [0, 0.1) is 0 Å². The SMILES string of the molecule is CS/C(C)=C1/c2ccccc2N(c2ccccc2)c2cc(Cl)ccc21. The highest BCUT2D eigenvalue weighted by atomic mass is 35.5. The van der Waals surface area contributed by atoms with Gasteiger partial charge in [0.2, 0.25) is 0 Å². The number of benzene rings is 3. The van der Waals surface area contributed by atoms with Gasteiger partial charge in [-0.2, -0.15) is 0 Å². The molecular formula is C22H18ClNS. The molecule has 3 heteroatoms. The topological polar surface area (TPSA) is 3.24 Å². The lowest BCUT2D eigenvalue weighted by Gasteiger charge is -2.35. The monoisotopic (exact) mass is 363 g/mol. The van der Waals surface area contributed by atoms with Crippen LogP contribution >= 0.6 is 23.4 Å². The van der Waals surface area contributed by atoms with Crippen molar-refractivity contribution < 1.29 is 0 Å². The number of fused-ring (bicyclic) bond motifs is 2. The minimum absolute atomic E-state index is 0.750. The van der Waals surface area contributed by atoms with Crippen molar-refractivity contribution >= 4 is 46.0 Å². The number of para-hydroxylation sites is 2. The summed E-state index contributed by atoms with van der Waals surface area (Å²) in [5, 5.41) is 0.750. The van der Waals surface area contributed by atoms with E-state index in [0.717, 1.165) is 16.4 Å². The first kappa shape index (κ1) is 16.3. The molecule has 0 unspecified atom stereocenters. The Morgan fingerprint density at radius 3 is 2.28 bits per heavy atom. The maximum absolute atomic E-state index is 6.37. The fourth-order valence-corrected chi connectivity index (χ4v) is 3.98. The van der Waals surface area contributed by atoms with E-state index in [2.05, 4.69) is 78.7 Å². The van der Waals surface area contributed by atoms with Crippen LogP contribution in [0.5, 0.6) is 0 Å². The van der Waals surface area contributed by atoms with Gasteiger partial charge in [-0.1, -0.05) is 54.1 Å². The predicted octanol–water partition coefficient (Wildman–Crippen LogP) is 7.27. The number of thioether (sulfide) groups is 1. The van der Waals surface area contributed by atoms with E-state index in [0.29, 0.717) is 0 Å². The second kappa shape index (κ2) is 6.62. The van der Waals surface area contributed by atoms with E-state index in [4.69, 9.17) is 11.6 Å². The van der Waals surface area contributed by atoms with Gasteiger partial charge in [0.15, 0.2) is 0 Å². The van der Waals surface area contributed by atoms with Crippen molar-refractivity contribution in [1.82, 2.24) is 0 Å². The fourth-order valence-electron chi connectivity index (χ4n) is 3.39. The first-order valence-corrected chi connectivity index (χ1v) is 9.80. The summed E-state index contributed by atoms with van der Waals surface area (Å²) < 4.78 is 0. The summed E-state index contributed by atoms with van der Waals surface area (Å²) in [6, 6.07) is 25.2. The summed E-state index contributed by atoms with van der Waals surface area (Å²) in [6.45, 7) is 2.19. The lowest BCUT2D eigenvalue weighted by atomic mass is 9.89. The highest BCUT2D eigenvalue weighted by Gasteiger charge is 2.28. The zero-order valence-corrected chi connectivity index (χ0v) is 15.7. The summed E-state index contributed by atoms with van der Waals surface area (Å²) in [4.78, 5) is 3.61. The first-order valence-electron chi connectivity index (χ1n) is 8.20. The maximum Gasteiger partial charge on any atom is 0.0555 e. The van der Waals surface area contributed by atoms with Crippen LogP contribution in [0.25, 0.3) is 5.57 Å². The van der Waals surface area contributed by atoms with Crippen LogP contribution in [0.1, 0.15) is 18.1 Å². The Kier molecular flexibility index (Phi) is 4.32. The Hall–Kier alpha value is -2.16. The van der Waals surface area contributed by atoms with Gasteiger partial charge in [-0.15, -0.1) is 11.8 Å². The van der Waals surface area contributed by atoms with Gasteiger partial charge in [0.25, 0.3) is 0 Å². The zero-order chi connectivity index (χ0) is 17.4. The van der Waals surface area contributed by atoms with Gasteiger partial charge in [0.05, 0.1) is 11.4 Å². The summed E-state index contributed by atoms with van der Waals surface area (Å²) in [5.41, 5.74) is 7.22. The van der Waals surface area contributed by atoms with Gasteiger partial charge in [-0.05, 0) is 48.4 Å². The van der Waals surface area contributed by atoms with Crippen molar-refractivity contribution in [1.29, 1.82) is 0 Å². The largest absolute Gasteiger partial charge is 0.309 e. The Morgan fingerprint density at radius 2 is 1.52 bits per heavy atom. The van der Waals surface area contributed by atoms with Crippen molar-refractivity contribution in [3.63, 3.8) is 0 Å². The molecule has 0 fully saturated rings. The van der Waals surface area contributed by atoms with Crippen LogP contribution < -0.4 is 4.90 Å². The Bertz CT molecular complexity index is 963. The molecule has 0 spiro atoms. The van der Waals surface area contributed by atoms with Crippen LogP contribution in [0.2, 0.25) is 5.02 Å². The molecule has 124 valence electrons. The van der Waals surface area contributed by atoms with Crippen molar-refractivity contribution in [2.75, 3.05) is 11.2 Å². The van der Waals surface area contributed by atoms with E-state index >= 15 is 0 Å². The average molecular weight is 364 g/mol. The second-order valence-corrected chi connectivity index (χ2v) is 7.44. The molecule has 0 saturated heterocycles. The molecule has 3 aromatic rings. The number of anilines is 3. The number of rotatable bonds is 2. The van der Waals surface area contributed by atoms with Crippen LogP contribution in [0.3, 0.4) is 0 Å². The van der Waals surface area contributed by atoms with Crippen LogP contribution in [-0.2, 0) is 0 Å². The Balaban J connectivity index is 2.08. The molecule has 0 amide bonds. The molecule has 1 heterocycles. The van der Waals surface area contributed by atoms with Gasteiger partial charge in [0, 0.05) is 27.4 Å². The van der Waals surface area contributed by atoms with E-state index in [1.54, 1.807) is 11.8 Å². The summed E-state index contributed by atoms with van der Waals surface area (Å²) >= 11 is 8.16. The van der Waals surface area contributed by atoms with E-state index in [1.165, 1.54) is 27.3 Å². The van der Waals surface area contributed by atoms with Crippen molar-refractivity contribution in [2.45, 2.75) is 6.92 Å². The van der Waals surface area contributed by atoms with E-state index < -0.39 is 0 Å². The molecule has 0 saturated carbocycles. The summed E-state index contributed by atoms with van der Waals surface area (Å²) in [7, 11) is 0. The van der Waals surface area contributed by atoms with Gasteiger partial charge >= 0.3 is 0 Å². The third kappa shape index (κ3) is 2.76.